The van der Waals surface area contributed by atoms with Gasteiger partial charge in [-0.1, -0.05) is 12.1 Å². The van der Waals surface area contributed by atoms with E-state index in [2.05, 4.69) is 116 Å². The average Bonchev–Trinajstić information content (AvgIpc) is 2.72. The smallest absolute Gasteiger partial charge is 0.545 e. The zero-order valence-corrected chi connectivity index (χ0v) is 21.5. The Bertz CT molecular complexity index is 636. The summed E-state index contributed by atoms with van der Waals surface area (Å²) in [5.74, 6) is 10.7. The predicted molar refractivity (Wildman–Crippen MR) is 128 cm³/mol. The van der Waals surface area contributed by atoms with Crippen molar-refractivity contribution in [2.45, 2.75) is 39.8 Å². The van der Waals surface area contributed by atoms with E-state index in [1.54, 1.807) is 0 Å². The molecule has 3 heterocycles. The molecule has 0 fully saturated rings. The van der Waals surface area contributed by atoms with Crippen LogP contribution in [-0.4, -0.2) is 39.1 Å². The van der Waals surface area contributed by atoms with Gasteiger partial charge in [0.1, 0.15) is 0 Å². The van der Waals surface area contributed by atoms with Crippen LogP contribution in [0.25, 0.3) is 0 Å². The molecule has 1 aliphatic heterocycles. The van der Waals surface area contributed by atoms with Gasteiger partial charge in [0.2, 0.25) is 0 Å². The van der Waals surface area contributed by atoms with E-state index in [4.69, 9.17) is 0 Å². The van der Waals surface area contributed by atoms with Gasteiger partial charge < -0.3 is 4.81 Å². The van der Waals surface area contributed by atoms with Gasteiger partial charge >= 0.3 is 35.6 Å². The van der Waals surface area contributed by atoms with Gasteiger partial charge in [0.25, 0.3) is 0 Å². The average molecular weight is 496 g/mol. The number of hydrogen-bond acceptors (Lipinski definition) is 1. The molecule has 0 bridgehead atoms. The molecule has 6 heteroatoms. The van der Waals surface area contributed by atoms with Crippen LogP contribution in [0.4, 0.5) is 0 Å². The molecule has 0 saturated heterocycles. The monoisotopic (exact) mass is 496 g/mol. The molecule has 0 saturated carbocycles. The standard InChI is InChI=1S/C12H20BN2.2C5H6B.La/c1-11(2)14-10-15(12(3)4)13-8-6-5-7-9-13;2*1-2-4-6-5-3-1;/h5-12H,1-4H3;2*1-6H;/q3*-1;+3. The van der Waals surface area contributed by atoms with Gasteiger partial charge in [-0.25, -0.2) is 24.1 Å². The first-order chi connectivity index (χ1) is 13.1. The van der Waals surface area contributed by atoms with Gasteiger partial charge in [0.15, 0.2) is 0 Å². The van der Waals surface area contributed by atoms with Crippen molar-refractivity contribution in [2.75, 3.05) is 4.81 Å². The van der Waals surface area contributed by atoms with Crippen LogP contribution in [0.3, 0.4) is 0 Å². The van der Waals surface area contributed by atoms with E-state index < -0.39 is 0 Å². The Hall–Kier alpha value is -1.09. The van der Waals surface area contributed by atoms with E-state index in [-0.39, 0.29) is 35.6 Å². The summed E-state index contributed by atoms with van der Waals surface area (Å²) < 4.78 is 0. The third-order valence-electron chi connectivity index (χ3n) is 3.81. The van der Waals surface area contributed by atoms with Crippen LogP contribution in [-0.2, 0) is 0 Å². The topological polar surface area (TPSA) is 15.6 Å². The molecule has 0 N–H and O–H groups in total. The summed E-state index contributed by atoms with van der Waals surface area (Å²) in [5.41, 5.74) is 0. The van der Waals surface area contributed by atoms with Gasteiger partial charge in [-0.15, -0.1) is 31.2 Å². The van der Waals surface area contributed by atoms with Crippen LogP contribution in [0.15, 0.2) is 89.4 Å². The van der Waals surface area contributed by atoms with Crippen molar-refractivity contribution < 1.29 is 35.6 Å². The van der Waals surface area contributed by atoms with Crippen LogP contribution in [0.1, 0.15) is 27.7 Å². The van der Waals surface area contributed by atoms with Crippen molar-refractivity contribution in [1.82, 2.24) is 0 Å². The largest absolute Gasteiger partial charge is 3.00 e. The molecule has 0 amide bonds. The second-order valence-electron chi connectivity index (χ2n) is 6.92. The Morgan fingerprint density at radius 2 is 1.61 bits per heavy atom. The van der Waals surface area contributed by atoms with Gasteiger partial charge in [-0.3, -0.25) is 23.2 Å². The second kappa shape index (κ2) is 18.0. The molecule has 0 spiro atoms. The van der Waals surface area contributed by atoms with Gasteiger partial charge in [0.05, 0.1) is 7.28 Å². The van der Waals surface area contributed by atoms with Crippen molar-refractivity contribution in [3.8, 4) is 0 Å². The van der Waals surface area contributed by atoms with Gasteiger partial charge in [0, 0.05) is 12.4 Å². The summed E-state index contributed by atoms with van der Waals surface area (Å²) in [4.78, 5) is 6.71. The summed E-state index contributed by atoms with van der Waals surface area (Å²) in [6.45, 7) is 10.0. The maximum atomic E-state index is 4.44. The summed E-state index contributed by atoms with van der Waals surface area (Å²) >= 11 is 0. The Morgan fingerprint density at radius 3 is 1.93 bits per heavy atom. The fourth-order valence-corrected chi connectivity index (χ4v) is 2.36. The van der Waals surface area contributed by atoms with Gasteiger partial charge in [-0.05, 0) is 40.2 Å². The van der Waals surface area contributed by atoms with Crippen molar-refractivity contribution in [1.29, 1.82) is 0 Å². The van der Waals surface area contributed by atoms with Crippen molar-refractivity contribution in [3.05, 3.63) is 90.8 Å². The summed E-state index contributed by atoms with van der Waals surface area (Å²) in [6.07, 6.45) is 10.2. The fraction of sp³-hybridized carbons (Fsp3) is 0.273. The molecular formula is C22H32B3LaN2. The molecule has 2 aromatic heterocycles. The molecule has 3 rings (SSSR count). The molecule has 1 aliphatic rings. The van der Waals surface area contributed by atoms with E-state index >= 15 is 0 Å². The summed E-state index contributed by atoms with van der Waals surface area (Å²) in [7, 11) is 1.11. The first kappa shape index (κ1) is 26.9. The first-order valence-corrected chi connectivity index (χ1v) is 9.90. The van der Waals surface area contributed by atoms with E-state index in [1.807, 2.05) is 18.5 Å². The van der Waals surface area contributed by atoms with Crippen LogP contribution < -0.4 is 4.81 Å². The third-order valence-corrected chi connectivity index (χ3v) is 3.81. The Labute approximate surface area is 201 Å². The minimum atomic E-state index is 0. The second-order valence-corrected chi connectivity index (χ2v) is 6.92. The van der Waals surface area contributed by atoms with E-state index in [1.165, 1.54) is 0 Å². The molecule has 0 aliphatic carbocycles. The van der Waals surface area contributed by atoms with Crippen molar-refractivity contribution in [3.63, 3.8) is 0 Å². The first-order valence-electron chi connectivity index (χ1n) is 9.90. The van der Waals surface area contributed by atoms with Crippen molar-refractivity contribution in [2.24, 2.45) is 4.99 Å². The van der Waals surface area contributed by atoms with Crippen molar-refractivity contribution >= 4 is 27.0 Å². The zero-order valence-electron chi connectivity index (χ0n) is 17.9. The molecule has 0 aromatic carbocycles. The number of hydrogen-bond donors (Lipinski definition) is 0. The Balaban J connectivity index is 0.000000459. The molecule has 0 atom stereocenters. The summed E-state index contributed by atoms with van der Waals surface area (Å²) in [6, 6.07) is 13.2. The molecule has 2 aromatic rings. The zero-order chi connectivity index (χ0) is 19.7. The molecule has 2 nitrogen and oxygen atoms in total. The normalized spacial score (nSPS) is 11.4. The van der Waals surface area contributed by atoms with Crippen LogP contribution in [0.5, 0.6) is 0 Å². The Kier molecular flexibility index (Phi) is 17.3. The van der Waals surface area contributed by atoms with Gasteiger partial charge in [-0.2, -0.15) is 12.1 Å². The third kappa shape index (κ3) is 14.0. The number of aliphatic imine (C=N–C) groups is 1. The number of nitrogens with zero attached hydrogens (tertiary/aromatic N) is 2. The quantitative estimate of drug-likeness (QED) is 0.272. The van der Waals surface area contributed by atoms with Crippen LogP contribution in [0, 0.1) is 41.9 Å². The summed E-state index contributed by atoms with van der Waals surface area (Å²) in [5, 5.41) is 0. The molecular weight excluding hydrogens is 464 g/mol. The number of allylic oxidation sites excluding steroid dienone is 3. The number of rotatable bonds is 4. The van der Waals surface area contributed by atoms with Crippen LogP contribution in [0.2, 0.25) is 0 Å². The minimum Gasteiger partial charge on any atom is -0.545 e. The van der Waals surface area contributed by atoms with E-state index in [9.17, 15) is 0 Å². The van der Waals surface area contributed by atoms with E-state index in [0.29, 0.717) is 18.6 Å². The SMILES string of the molecule is B1C=CC=C[CH-]1.CC(C)N=CN([b-]1ccccc1)C(C)C.[La+3].[bH-]1ccccc1. The predicted octanol–water partition coefficient (Wildman–Crippen LogP) is 3.92. The minimum absolute atomic E-state index is 0. The Morgan fingerprint density at radius 1 is 0.964 bits per heavy atom. The molecule has 28 heavy (non-hydrogen) atoms. The maximum Gasteiger partial charge on any atom is 3.00 e. The molecule has 142 valence electrons. The molecule has 0 radical (unpaired) electrons. The fourth-order valence-electron chi connectivity index (χ4n) is 2.36. The van der Waals surface area contributed by atoms with E-state index in [0.717, 1.165) is 14.2 Å². The molecule has 0 unspecified atom stereocenters. The van der Waals surface area contributed by atoms with Crippen LogP contribution >= 0.6 is 0 Å². The maximum absolute atomic E-state index is 4.44.